The largest absolute Gasteiger partial charge is 0.494 e. The van der Waals surface area contributed by atoms with Crippen molar-refractivity contribution in [2.75, 3.05) is 19.7 Å². The second-order valence-electron chi connectivity index (χ2n) is 7.26. The van der Waals surface area contributed by atoms with Gasteiger partial charge in [0.1, 0.15) is 10.6 Å². The number of carbonyl (C=O) groups is 1. The number of thiazole rings is 1. The van der Waals surface area contributed by atoms with Crippen LogP contribution in [0.4, 0.5) is 0 Å². The zero-order valence-corrected chi connectivity index (χ0v) is 17.9. The van der Waals surface area contributed by atoms with Crippen LogP contribution in [0.2, 0.25) is 0 Å². The van der Waals surface area contributed by atoms with Gasteiger partial charge in [-0.15, -0.1) is 11.3 Å². The number of carbonyl (C=O) groups excluding carboxylic acids is 1. The average molecular weight is 428 g/mol. The molecule has 158 valence electrons. The number of ether oxygens (including phenoxy) is 1. The minimum atomic E-state index is -0.0228. The zero-order valence-electron chi connectivity index (χ0n) is 17.1. The molecule has 0 unspecified atom stereocenters. The van der Waals surface area contributed by atoms with Crippen molar-refractivity contribution in [3.63, 3.8) is 0 Å². The molecule has 0 spiro atoms. The highest BCUT2D eigenvalue weighted by molar-refractivity contribution is 7.11. The zero-order chi connectivity index (χ0) is 20.9. The van der Waals surface area contributed by atoms with Crippen molar-refractivity contribution in [2.24, 2.45) is 0 Å². The van der Waals surface area contributed by atoms with E-state index < -0.39 is 0 Å². The highest BCUT2D eigenvalue weighted by Gasteiger charge is 2.23. The first-order chi connectivity index (χ1) is 14.6. The summed E-state index contributed by atoms with van der Waals surface area (Å²) in [5, 5.41) is 7.23. The Morgan fingerprint density at radius 3 is 2.73 bits per heavy atom. The van der Waals surface area contributed by atoms with Crippen LogP contribution < -0.4 is 10.1 Å². The quantitative estimate of drug-likeness (QED) is 0.618. The molecule has 1 aliphatic heterocycles. The van der Waals surface area contributed by atoms with Gasteiger partial charge in [0.25, 0.3) is 5.91 Å². The van der Waals surface area contributed by atoms with E-state index in [0.29, 0.717) is 29.7 Å². The van der Waals surface area contributed by atoms with Gasteiger partial charge in [-0.05, 0) is 51.0 Å². The van der Waals surface area contributed by atoms with Crippen LogP contribution in [0.25, 0.3) is 11.4 Å². The van der Waals surface area contributed by atoms with Crippen molar-refractivity contribution in [3.05, 3.63) is 46.2 Å². The van der Waals surface area contributed by atoms with Crippen LogP contribution in [0.3, 0.4) is 0 Å². The van der Waals surface area contributed by atoms with E-state index in [4.69, 9.17) is 9.26 Å². The number of hydrogen-bond acceptors (Lipinski definition) is 8. The maximum absolute atomic E-state index is 12.4. The van der Waals surface area contributed by atoms with Gasteiger partial charge in [0, 0.05) is 24.7 Å². The lowest BCUT2D eigenvalue weighted by atomic mass is 10.0. The maximum Gasteiger partial charge on any atom is 0.263 e. The van der Waals surface area contributed by atoms with Crippen LogP contribution in [-0.4, -0.2) is 51.7 Å². The molecule has 1 aliphatic rings. The van der Waals surface area contributed by atoms with Crippen LogP contribution >= 0.6 is 11.3 Å². The number of nitrogens with one attached hydrogen (secondary N) is 1. The van der Waals surface area contributed by atoms with Gasteiger partial charge in [-0.3, -0.25) is 9.69 Å². The number of rotatable bonds is 7. The molecule has 1 N–H and O–H groups in total. The summed E-state index contributed by atoms with van der Waals surface area (Å²) in [4.78, 5) is 24.0. The van der Waals surface area contributed by atoms with Gasteiger partial charge in [-0.2, -0.15) is 4.98 Å². The number of amides is 1. The van der Waals surface area contributed by atoms with E-state index in [0.717, 1.165) is 42.9 Å². The fraction of sp³-hybridized carbons (Fsp3) is 0.429. The number of aromatic nitrogens is 3. The second kappa shape index (κ2) is 9.36. The molecule has 2 aromatic heterocycles. The predicted octanol–water partition coefficient (Wildman–Crippen LogP) is 3.29. The molecule has 9 heteroatoms. The Hall–Kier alpha value is -2.78. The normalized spacial score (nSPS) is 15.3. The molecule has 30 heavy (non-hydrogen) atoms. The number of benzene rings is 1. The fourth-order valence-corrected chi connectivity index (χ4v) is 4.21. The third-order valence-corrected chi connectivity index (χ3v) is 6.05. The van der Waals surface area contributed by atoms with Gasteiger partial charge in [-0.25, -0.2) is 4.98 Å². The summed E-state index contributed by atoms with van der Waals surface area (Å²) in [5.74, 6) is 1.98. The van der Waals surface area contributed by atoms with E-state index in [1.165, 1.54) is 11.3 Å². The molecule has 1 aromatic carbocycles. The summed E-state index contributed by atoms with van der Waals surface area (Å²) >= 11 is 1.38. The number of likely N-dealkylation sites (tertiary alicyclic amines) is 1. The first kappa shape index (κ1) is 20.5. The molecule has 1 amide bonds. The first-order valence-electron chi connectivity index (χ1n) is 10.1. The van der Waals surface area contributed by atoms with Crippen LogP contribution in [0.5, 0.6) is 5.75 Å². The maximum atomic E-state index is 12.4. The Morgan fingerprint density at radius 1 is 1.30 bits per heavy atom. The average Bonchev–Trinajstić information content (AvgIpc) is 3.39. The third-order valence-electron chi connectivity index (χ3n) is 5.13. The van der Waals surface area contributed by atoms with Crippen molar-refractivity contribution < 1.29 is 14.1 Å². The van der Waals surface area contributed by atoms with E-state index in [1.54, 1.807) is 5.51 Å². The Bertz CT molecular complexity index is 977. The van der Waals surface area contributed by atoms with Crippen LogP contribution in [-0.2, 0) is 6.54 Å². The molecule has 0 atom stereocenters. The molecule has 0 radical (unpaired) electrons. The Kier molecular flexibility index (Phi) is 6.39. The van der Waals surface area contributed by atoms with Crippen LogP contribution in [0, 0.1) is 6.92 Å². The topological polar surface area (TPSA) is 93.4 Å². The standard InChI is InChI=1S/C21H25N5O3S/c1-3-28-17-6-4-15(5-7-17)20-24-18(29-25-20)12-26-10-8-16(9-11-26)23-21(27)19-14(2)22-13-30-19/h4-7,13,16H,3,8-12H2,1-2H3,(H,23,27). The molecule has 4 rings (SSSR count). The van der Waals surface area contributed by atoms with Gasteiger partial charge < -0.3 is 14.6 Å². The van der Waals surface area contributed by atoms with Crippen molar-refractivity contribution >= 4 is 17.2 Å². The molecule has 3 aromatic rings. The SMILES string of the molecule is CCOc1ccc(-c2noc(CN3CCC(NC(=O)c4scnc4C)CC3)n2)cc1. The molecule has 0 saturated carbocycles. The van der Waals surface area contributed by atoms with Crippen LogP contribution in [0.15, 0.2) is 34.3 Å². The molecule has 0 bridgehead atoms. The highest BCUT2D eigenvalue weighted by atomic mass is 32.1. The summed E-state index contributed by atoms with van der Waals surface area (Å²) < 4.78 is 10.9. The fourth-order valence-electron chi connectivity index (χ4n) is 3.50. The summed E-state index contributed by atoms with van der Waals surface area (Å²) in [7, 11) is 0. The molecular weight excluding hydrogens is 402 g/mol. The van der Waals surface area contributed by atoms with Gasteiger partial charge >= 0.3 is 0 Å². The smallest absolute Gasteiger partial charge is 0.263 e. The third kappa shape index (κ3) is 4.85. The molecule has 1 saturated heterocycles. The van der Waals surface area contributed by atoms with Crippen molar-refractivity contribution in [3.8, 4) is 17.1 Å². The predicted molar refractivity (Wildman–Crippen MR) is 114 cm³/mol. The Balaban J connectivity index is 1.27. The summed E-state index contributed by atoms with van der Waals surface area (Å²) in [6.07, 6.45) is 1.78. The van der Waals surface area contributed by atoms with Crippen molar-refractivity contribution in [2.45, 2.75) is 39.3 Å². The summed E-state index contributed by atoms with van der Waals surface area (Å²) in [5.41, 5.74) is 3.39. The lowest BCUT2D eigenvalue weighted by molar-refractivity contribution is 0.0908. The van der Waals surface area contributed by atoms with Gasteiger partial charge in [0.05, 0.1) is 24.4 Å². The van der Waals surface area contributed by atoms with Gasteiger partial charge in [0.15, 0.2) is 0 Å². The van der Waals surface area contributed by atoms with E-state index >= 15 is 0 Å². The van der Waals surface area contributed by atoms with E-state index in [-0.39, 0.29) is 11.9 Å². The molecular formula is C21H25N5O3S. The number of aryl methyl sites for hydroxylation is 1. The minimum absolute atomic E-state index is 0.0228. The van der Waals surface area contributed by atoms with E-state index in [9.17, 15) is 4.79 Å². The second-order valence-corrected chi connectivity index (χ2v) is 8.11. The summed E-state index contributed by atoms with van der Waals surface area (Å²) in [6, 6.07) is 7.85. The molecule has 1 fully saturated rings. The van der Waals surface area contributed by atoms with E-state index in [1.807, 2.05) is 38.1 Å². The first-order valence-corrected chi connectivity index (χ1v) is 11.0. The van der Waals surface area contributed by atoms with Crippen LogP contribution in [0.1, 0.15) is 41.0 Å². The Labute approximate surface area is 179 Å². The van der Waals surface area contributed by atoms with E-state index in [2.05, 4.69) is 25.3 Å². The monoisotopic (exact) mass is 427 g/mol. The van der Waals surface area contributed by atoms with Gasteiger partial charge in [0.2, 0.25) is 11.7 Å². The Morgan fingerprint density at radius 2 is 2.07 bits per heavy atom. The minimum Gasteiger partial charge on any atom is -0.494 e. The van der Waals surface area contributed by atoms with Crippen molar-refractivity contribution in [1.29, 1.82) is 0 Å². The molecule has 0 aliphatic carbocycles. The lowest BCUT2D eigenvalue weighted by Gasteiger charge is -2.31. The number of nitrogens with zero attached hydrogens (tertiary/aromatic N) is 4. The number of piperidine rings is 1. The summed E-state index contributed by atoms with van der Waals surface area (Å²) in [6.45, 7) is 6.80. The number of hydrogen-bond donors (Lipinski definition) is 1. The molecule has 8 nitrogen and oxygen atoms in total. The highest BCUT2D eigenvalue weighted by Crippen LogP contribution is 2.21. The lowest BCUT2D eigenvalue weighted by Crippen LogP contribution is -2.44. The molecule has 3 heterocycles. The van der Waals surface area contributed by atoms with Crippen molar-refractivity contribution in [1.82, 2.24) is 25.3 Å². The van der Waals surface area contributed by atoms with Gasteiger partial charge in [-0.1, -0.05) is 5.16 Å².